The lowest BCUT2D eigenvalue weighted by molar-refractivity contribution is 0.0724. The number of rotatable bonds is 5. The first-order valence-electron chi connectivity index (χ1n) is 8.05. The normalized spacial score (nSPS) is 14.9. The molecule has 1 fully saturated rings. The molecule has 1 aliphatic heterocycles. The molecule has 1 aliphatic rings. The van der Waals surface area contributed by atoms with Gasteiger partial charge in [0.25, 0.3) is 5.91 Å². The molecule has 1 N–H and O–H groups in total. The highest BCUT2D eigenvalue weighted by atomic mass is 79.9. The van der Waals surface area contributed by atoms with Crippen molar-refractivity contribution in [2.24, 2.45) is 0 Å². The number of likely N-dealkylation sites (tertiary alicyclic amines) is 1. The smallest absolute Gasteiger partial charge is 0.253 e. The van der Waals surface area contributed by atoms with Crippen LogP contribution >= 0.6 is 15.9 Å². The zero-order chi connectivity index (χ0) is 16.1. The van der Waals surface area contributed by atoms with Crippen LogP contribution in [0.4, 0.5) is 0 Å². The molecule has 0 spiro atoms. The van der Waals surface area contributed by atoms with E-state index in [1.165, 1.54) is 6.42 Å². The van der Waals surface area contributed by atoms with E-state index in [4.69, 9.17) is 4.42 Å². The van der Waals surface area contributed by atoms with Gasteiger partial charge in [-0.15, -0.1) is 0 Å². The predicted octanol–water partition coefficient (Wildman–Crippen LogP) is 3.96. The first-order chi connectivity index (χ1) is 11.2. The van der Waals surface area contributed by atoms with Crippen molar-refractivity contribution in [2.75, 3.05) is 13.1 Å². The molecule has 3 rings (SSSR count). The fourth-order valence-electron chi connectivity index (χ4n) is 2.82. The molecule has 23 heavy (non-hydrogen) atoms. The van der Waals surface area contributed by atoms with Gasteiger partial charge in [-0.25, -0.2) is 0 Å². The van der Waals surface area contributed by atoms with Gasteiger partial charge in [0.1, 0.15) is 5.76 Å². The Kier molecular flexibility index (Phi) is 5.51. The molecule has 0 unspecified atom stereocenters. The number of amides is 1. The lowest BCUT2D eigenvalue weighted by Crippen LogP contribution is -2.35. The summed E-state index contributed by atoms with van der Waals surface area (Å²) in [7, 11) is 0. The minimum atomic E-state index is 0.157. The molecular weight excluding hydrogens is 356 g/mol. The summed E-state index contributed by atoms with van der Waals surface area (Å²) >= 11 is 3.29. The maximum Gasteiger partial charge on any atom is 0.253 e. The van der Waals surface area contributed by atoms with Gasteiger partial charge in [-0.05, 0) is 65.0 Å². The van der Waals surface area contributed by atoms with E-state index < -0.39 is 0 Å². The number of benzene rings is 1. The molecule has 1 aromatic carbocycles. The quantitative estimate of drug-likeness (QED) is 0.858. The van der Waals surface area contributed by atoms with Gasteiger partial charge in [-0.2, -0.15) is 0 Å². The third kappa shape index (κ3) is 4.45. The van der Waals surface area contributed by atoms with Gasteiger partial charge >= 0.3 is 0 Å². The number of piperidine rings is 1. The summed E-state index contributed by atoms with van der Waals surface area (Å²) in [4.78, 5) is 14.4. The van der Waals surface area contributed by atoms with Crippen molar-refractivity contribution in [1.82, 2.24) is 10.2 Å². The van der Waals surface area contributed by atoms with E-state index in [1.54, 1.807) is 0 Å². The second-order valence-corrected chi connectivity index (χ2v) is 6.64. The van der Waals surface area contributed by atoms with E-state index in [-0.39, 0.29) is 5.91 Å². The van der Waals surface area contributed by atoms with Crippen molar-refractivity contribution >= 4 is 21.8 Å². The first kappa shape index (κ1) is 16.3. The lowest BCUT2D eigenvalue weighted by Gasteiger charge is -2.26. The van der Waals surface area contributed by atoms with Crippen LogP contribution in [0.1, 0.15) is 40.9 Å². The number of carbonyl (C=O) groups is 1. The Morgan fingerprint density at radius 2 is 1.78 bits per heavy atom. The average molecular weight is 377 g/mol. The van der Waals surface area contributed by atoms with Gasteiger partial charge < -0.3 is 14.6 Å². The van der Waals surface area contributed by atoms with E-state index >= 15 is 0 Å². The van der Waals surface area contributed by atoms with Crippen LogP contribution in [-0.2, 0) is 13.1 Å². The van der Waals surface area contributed by atoms with Crippen LogP contribution in [0.2, 0.25) is 0 Å². The average Bonchev–Trinajstić information content (AvgIpc) is 3.01. The molecule has 0 aliphatic carbocycles. The van der Waals surface area contributed by atoms with Gasteiger partial charge in [-0.3, -0.25) is 4.79 Å². The van der Waals surface area contributed by atoms with E-state index in [0.29, 0.717) is 6.54 Å². The number of halogens is 1. The van der Waals surface area contributed by atoms with E-state index in [0.717, 1.165) is 54.0 Å². The second kappa shape index (κ2) is 7.79. The minimum Gasteiger partial charge on any atom is -0.453 e. The third-order valence-electron chi connectivity index (χ3n) is 4.10. The highest BCUT2D eigenvalue weighted by Crippen LogP contribution is 2.15. The monoisotopic (exact) mass is 376 g/mol. The molecule has 0 atom stereocenters. The van der Waals surface area contributed by atoms with Crippen LogP contribution in [-0.4, -0.2) is 23.9 Å². The van der Waals surface area contributed by atoms with Crippen molar-refractivity contribution in [3.63, 3.8) is 0 Å². The fraction of sp³-hybridized carbons (Fsp3) is 0.389. The highest BCUT2D eigenvalue weighted by molar-refractivity contribution is 9.10. The van der Waals surface area contributed by atoms with Gasteiger partial charge in [0.2, 0.25) is 0 Å². The summed E-state index contributed by atoms with van der Waals surface area (Å²) < 4.78 is 6.19. The Morgan fingerprint density at radius 1 is 1.04 bits per heavy atom. The number of hydrogen-bond donors (Lipinski definition) is 1. The summed E-state index contributed by atoms with van der Waals surface area (Å²) in [6, 6.07) is 11.7. The molecule has 122 valence electrons. The van der Waals surface area contributed by atoms with Crippen molar-refractivity contribution in [2.45, 2.75) is 32.4 Å². The van der Waals surface area contributed by atoms with Crippen molar-refractivity contribution in [3.05, 3.63) is 58.0 Å². The molecule has 2 heterocycles. The molecule has 4 nitrogen and oxygen atoms in total. The predicted molar refractivity (Wildman–Crippen MR) is 93.1 cm³/mol. The summed E-state index contributed by atoms with van der Waals surface area (Å²) in [6.07, 6.45) is 3.48. The molecule has 0 radical (unpaired) electrons. The molecule has 0 saturated carbocycles. The van der Waals surface area contributed by atoms with Crippen LogP contribution in [0.5, 0.6) is 0 Å². The topological polar surface area (TPSA) is 45.5 Å². The summed E-state index contributed by atoms with van der Waals surface area (Å²) in [5.74, 6) is 1.05. The van der Waals surface area contributed by atoms with Gasteiger partial charge in [-0.1, -0.05) is 12.1 Å². The Hall–Kier alpha value is -1.59. The number of nitrogens with one attached hydrogen (secondary N) is 1. The molecule has 1 saturated heterocycles. The maximum atomic E-state index is 12.4. The molecule has 5 heteroatoms. The van der Waals surface area contributed by atoms with Crippen molar-refractivity contribution < 1.29 is 9.21 Å². The van der Waals surface area contributed by atoms with Crippen LogP contribution in [0.25, 0.3) is 0 Å². The van der Waals surface area contributed by atoms with Gasteiger partial charge in [0, 0.05) is 25.2 Å². The number of carbonyl (C=O) groups excluding carboxylic acids is 1. The van der Waals surface area contributed by atoms with Crippen molar-refractivity contribution in [3.8, 4) is 0 Å². The van der Waals surface area contributed by atoms with E-state index in [1.807, 2.05) is 41.3 Å². The molecule has 1 amide bonds. The fourth-order valence-corrected chi connectivity index (χ4v) is 3.16. The summed E-state index contributed by atoms with van der Waals surface area (Å²) in [5.41, 5.74) is 1.94. The number of hydrogen-bond acceptors (Lipinski definition) is 3. The zero-order valence-electron chi connectivity index (χ0n) is 13.1. The second-order valence-electron chi connectivity index (χ2n) is 5.86. The Balaban J connectivity index is 1.51. The van der Waals surface area contributed by atoms with Crippen molar-refractivity contribution in [1.29, 1.82) is 0 Å². The Bertz CT molecular complexity index is 645. The largest absolute Gasteiger partial charge is 0.453 e. The molecule has 0 bridgehead atoms. The number of nitrogens with zero attached hydrogens (tertiary/aromatic N) is 1. The molecular formula is C18H21BrN2O2. The zero-order valence-corrected chi connectivity index (χ0v) is 14.6. The van der Waals surface area contributed by atoms with Crippen LogP contribution in [0.3, 0.4) is 0 Å². The SMILES string of the molecule is O=C(c1ccc(CNCc2ccc(Br)o2)cc1)N1CCCCC1. The van der Waals surface area contributed by atoms with Crippen LogP contribution < -0.4 is 5.32 Å². The van der Waals surface area contributed by atoms with Gasteiger partial charge in [0.15, 0.2) is 4.67 Å². The van der Waals surface area contributed by atoms with E-state index in [9.17, 15) is 4.79 Å². The van der Waals surface area contributed by atoms with Gasteiger partial charge in [0.05, 0.1) is 6.54 Å². The number of furan rings is 1. The van der Waals surface area contributed by atoms with Crippen LogP contribution in [0.15, 0.2) is 45.5 Å². The maximum absolute atomic E-state index is 12.4. The molecule has 1 aromatic heterocycles. The Labute approximate surface area is 145 Å². The molecule has 2 aromatic rings. The Morgan fingerprint density at radius 3 is 2.43 bits per heavy atom. The summed E-state index contributed by atoms with van der Waals surface area (Å²) in [6.45, 7) is 3.21. The highest BCUT2D eigenvalue weighted by Gasteiger charge is 2.17. The summed E-state index contributed by atoms with van der Waals surface area (Å²) in [5, 5.41) is 3.33. The standard InChI is InChI=1S/C18H21BrN2O2/c19-17-9-8-16(23-17)13-20-12-14-4-6-15(7-5-14)18(22)21-10-2-1-3-11-21/h4-9,20H,1-3,10-13H2. The minimum absolute atomic E-state index is 0.157. The third-order valence-corrected chi connectivity index (χ3v) is 4.53. The lowest BCUT2D eigenvalue weighted by atomic mass is 10.1. The van der Waals surface area contributed by atoms with E-state index in [2.05, 4.69) is 21.2 Å². The van der Waals surface area contributed by atoms with Crippen LogP contribution in [0, 0.1) is 0 Å². The first-order valence-corrected chi connectivity index (χ1v) is 8.85.